The molecule has 35 heavy (non-hydrogen) atoms. The summed E-state index contributed by atoms with van der Waals surface area (Å²) in [5, 5.41) is 1.82. The van der Waals surface area contributed by atoms with Gasteiger partial charge in [0.15, 0.2) is 5.78 Å². The zero-order chi connectivity index (χ0) is 25.3. The summed E-state index contributed by atoms with van der Waals surface area (Å²) in [6.45, 7) is 1.84. The number of ketones is 1. The van der Waals surface area contributed by atoms with Gasteiger partial charge < -0.3 is 0 Å². The summed E-state index contributed by atoms with van der Waals surface area (Å²) in [6, 6.07) is 9.72. The summed E-state index contributed by atoms with van der Waals surface area (Å²) in [5.41, 5.74) is 0.146. The SMILES string of the molecule is C[C@@H]1C=CC[C@@H]2C(=O)N(N(C(=O)c3ccccc3Cl)[C@@H](CCCl)C(=O)c3ccc(F)cc3)C(=O)[C@@H]12. The predicted molar refractivity (Wildman–Crippen MR) is 129 cm³/mol. The standard InChI is InChI=1S/C26H23Cl2FN2O4/c1-15-5-4-7-19-22(15)26(35)31(25(19)34)30(24(33)18-6-2-3-8-20(18)28)21(13-14-27)23(32)16-9-11-17(29)12-10-16/h2-6,8-12,15,19,21-22H,7,13-14H2,1H3/t15-,19+,21+,22+/m1/s1. The number of hydrogen-bond acceptors (Lipinski definition) is 4. The number of benzene rings is 2. The fraction of sp³-hybridized carbons (Fsp3) is 0.308. The number of imide groups is 1. The Morgan fingerprint density at radius 3 is 2.43 bits per heavy atom. The number of alkyl halides is 1. The van der Waals surface area contributed by atoms with Gasteiger partial charge in [0.2, 0.25) is 0 Å². The average molecular weight is 517 g/mol. The lowest BCUT2D eigenvalue weighted by molar-refractivity contribution is -0.156. The van der Waals surface area contributed by atoms with Gasteiger partial charge in [-0.2, -0.15) is 5.01 Å². The third-order valence-electron chi connectivity index (χ3n) is 6.49. The molecule has 2 aromatic carbocycles. The van der Waals surface area contributed by atoms with Gasteiger partial charge in [-0.1, -0.05) is 42.8 Å². The number of carbonyl (C=O) groups is 4. The van der Waals surface area contributed by atoms with Crippen LogP contribution in [0.4, 0.5) is 4.39 Å². The molecule has 0 N–H and O–H groups in total. The second kappa shape index (κ2) is 10.3. The molecule has 1 aliphatic heterocycles. The van der Waals surface area contributed by atoms with Crippen LogP contribution in [0.5, 0.6) is 0 Å². The highest BCUT2D eigenvalue weighted by molar-refractivity contribution is 6.34. The average Bonchev–Trinajstić information content (AvgIpc) is 3.10. The summed E-state index contributed by atoms with van der Waals surface area (Å²) >= 11 is 12.3. The van der Waals surface area contributed by atoms with E-state index >= 15 is 0 Å². The zero-order valence-corrected chi connectivity index (χ0v) is 20.4. The number of Topliss-reactive ketones (excluding diaryl/α,β-unsaturated/α-hetero) is 1. The first-order chi connectivity index (χ1) is 16.8. The molecule has 6 nitrogen and oxygen atoms in total. The smallest absolute Gasteiger partial charge is 0.275 e. The summed E-state index contributed by atoms with van der Waals surface area (Å²) in [5.74, 6) is -4.53. The van der Waals surface area contributed by atoms with Gasteiger partial charge in [-0.25, -0.2) is 9.40 Å². The van der Waals surface area contributed by atoms with Crippen molar-refractivity contribution in [3.05, 3.63) is 82.6 Å². The van der Waals surface area contributed by atoms with Gasteiger partial charge in [0.05, 0.1) is 22.4 Å². The van der Waals surface area contributed by atoms with Crippen molar-refractivity contribution >= 4 is 46.7 Å². The molecule has 2 aromatic rings. The minimum atomic E-state index is -1.29. The van der Waals surface area contributed by atoms with E-state index in [-0.39, 0.29) is 34.4 Å². The van der Waals surface area contributed by atoms with Crippen LogP contribution in [0, 0.1) is 23.6 Å². The monoisotopic (exact) mass is 516 g/mol. The molecule has 4 atom stereocenters. The van der Waals surface area contributed by atoms with Crippen molar-refractivity contribution in [1.29, 1.82) is 0 Å². The van der Waals surface area contributed by atoms with Crippen LogP contribution in [0.25, 0.3) is 0 Å². The Kier molecular flexibility index (Phi) is 7.38. The number of fused-ring (bicyclic) bond motifs is 1. The van der Waals surface area contributed by atoms with Crippen LogP contribution in [-0.2, 0) is 9.59 Å². The van der Waals surface area contributed by atoms with E-state index in [9.17, 15) is 23.6 Å². The van der Waals surface area contributed by atoms with Crippen LogP contribution in [0.2, 0.25) is 5.02 Å². The highest BCUT2D eigenvalue weighted by Crippen LogP contribution is 2.40. The van der Waals surface area contributed by atoms with E-state index < -0.39 is 47.2 Å². The van der Waals surface area contributed by atoms with E-state index in [2.05, 4.69) is 0 Å². The summed E-state index contributed by atoms with van der Waals surface area (Å²) < 4.78 is 13.5. The van der Waals surface area contributed by atoms with Crippen LogP contribution in [-0.4, -0.2) is 45.4 Å². The second-order valence-corrected chi connectivity index (χ2v) is 9.42. The van der Waals surface area contributed by atoms with Crippen LogP contribution < -0.4 is 0 Å². The fourth-order valence-electron chi connectivity index (χ4n) is 4.75. The van der Waals surface area contributed by atoms with E-state index in [0.717, 1.165) is 22.2 Å². The van der Waals surface area contributed by atoms with Crippen molar-refractivity contribution in [2.75, 3.05) is 5.88 Å². The van der Waals surface area contributed by atoms with Crippen molar-refractivity contribution in [2.24, 2.45) is 17.8 Å². The molecule has 0 aromatic heterocycles. The molecule has 4 rings (SSSR count). The number of nitrogens with zero attached hydrogens (tertiary/aromatic N) is 2. The number of rotatable bonds is 7. The molecule has 0 radical (unpaired) electrons. The molecule has 3 amide bonds. The van der Waals surface area contributed by atoms with Gasteiger partial charge in [0.1, 0.15) is 11.9 Å². The Bertz CT molecular complexity index is 1200. The Labute approximate surface area is 212 Å². The van der Waals surface area contributed by atoms with Crippen molar-refractivity contribution in [3.63, 3.8) is 0 Å². The molecular formula is C26H23Cl2FN2O4. The summed E-state index contributed by atoms with van der Waals surface area (Å²) in [6.07, 6.45) is 4.03. The zero-order valence-electron chi connectivity index (χ0n) is 18.9. The van der Waals surface area contributed by atoms with E-state index in [0.29, 0.717) is 6.42 Å². The maximum atomic E-state index is 13.9. The van der Waals surface area contributed by atoms with E-state index in [1.165, 1.54) is 24.3 Å². The largest absolute Gasteiger partial charge is 0.292 e. The molecule has 9 heteroatoms. The second-order valence-electron chi connectivity index (χ2n) is 8.64. The first-order valence-electron chi connectivity index (χ1n) is 11.2. The number of halogens is 3. The highest BCUT2D eigenvalue weighted by atomic mass is 35.5. The van der Waals surface area contributed by atoms with Gasteiger partial charge in [0.25, 0.3) is 17.7 Å². The van der Waals surface area contributed by atoms with Gasteiger partial charge in [-0.05, 0) is 55.2 Å². The summed E-state index contributed by atoms with van der Waals surface area (Å²) in [4.78, 5) is 54.6. The van der Waals surface area contributed by atoms with Gasteiger partial charge in [-0.15, -0.1) is 11.6 Å². The normalized spacial score (nSPS) is 22.2. The van der Waals surface area contributed by atoms with E-state index in [1.807, 2.05) is 19.1 Å². The Morgan fingerprint density at radius 1 is 1.11 bits per heavy atom. The number of carbonyl (C=O) groups excluding carboxylic acids is 4. The first-order valence-corrected chi connectivity index (χ1v) is 12.2. The predicted octanol–water partition coefficient (Wildman–Crippen LogP) is 4.91. The molecule has 1 heterocycles. The lowest BCUT2D eigenvalue weighted by atomic mass is 9.78. The van der Waals surface area contributed by atoms with Crippen molar-refractivity contribution in [2.45, 2.75) is 25.8 Å². The van der Waals surface area contributed by atoms with Crippen LogP contribution >= 0.6 is 23.2 Å². The Morgan fingerprint density at radius 2 is 1.80 bits per heavy atom. The van der Waals surface area contributed by atoms with Crippen LogP contribution in [0.1, 0.15) is 40.5 Å². The molecule has 0 saturated carbocycles. The third-order valence-corrected chi connectivity index (χ3v) is 7.03. The molecular weight excluding hydrogens is 494 g/mol. The maximum absolute atomic E-state index is 13.9. The Balaban J connectivity index is 1.83. The number of hydrazine groups is 1. The lowest BCUT2D eigenvalue weighted by Gasteiger charge is -2.36. The molecule has 0 bridgehead atoms. The van der Waals surface area contributed by atoms with Crippen molar-refractivity contribution < 1.29 is 23.6 Å². The van der Waals surface area contributed by atoms with Gasteiger partial charge in [-0.3, -0.25) is 19.2 Å². The quantitative estimate of drug-likeness (QED) is 0.226. The molecule has 1 aliphatic carbocycles. The van der Waals surface area contributed by atoms with Crippen molar-refractivity contribution in [1.82, 2.24) is 10.0 Å². The number of amides is 3. The molecule has 2 aliphatic rings. The fourth-order valence-corrected chi connectivity index (χ4v) is 5.17. The first kappa shape index (κ1) is 25.1. The summed E-state index contributed by atoms with van der Waals surface area (Å²) in [7, 11) is 0. The van der Waals surface area contributed by atoms with E-state index in [1.54, 1.807) is 12.1 Å². The van der Waals surface area contributed by atoms with Crippen LogP contribution in [0.3, 0.4) is 0 Å². The maximum Gasteiger partial charge on any atom is 0.275 e. The van der Waals surface area contributed by atoms with Gasteiger partial charge >= 0.3 is 0 Å². The van der Waals surface area contributed by atoms with Crippen molar-refractivity contribution in [3.8, 4) is 0 Å². The lowest BCUT2D eigenvalue weighted by Crippen LogP contribution is -2.57. The third kappa shape index (κ3) is 4.62. The van der Waals surface area contributed by atoms with Crippen LogP contribution in [0.15, 0.2) is 60.7 Å². The topological polar surface area (TPSA) is 74.8 Å². The number of hydrogen-bond donors (Lipinski definition) is 0. The number of allylic oxidation sites excluding steroid dienone is 2. The molecule has 1 saturated heterocycles. The minimum Gasteiger partial charge on any atom is -0.292 e. The van der Waals surface area contributed by atoms with Gasteiger partial charge in [0, 0.05) is 11.4 Å². The molecule has 182 valence electrons. The minimum absolute atomic E-state index is 0.0299. The Hall–Kier alpha value is -3.03. The molecule has 0 spiro atoms. The molecule has 0 unspecified atom stereocenters. The highest BCUT2D eigenvalue weighted by Gasteiger charge is 2.54. The van der Waals surface area contributed by atoms with E-state index in [4.69, 9.17) is 23.2 Å². The molecule has 1 fully saturated rings.